The zero-order chi connectivity index (χ0) is 13.5. The number of carbonyl (C=O) groups is 2. The van der Waals surface area contributed by atoms with E-state index < -0.39 is 5.97 Å². The van der Waals surface area contributed by atoms with E-state index >= 15 is 0 Å². The molecule has 0 saturated carbocycles. The van der Waals surface area contributed by atoms with Crippen molar-refractivity contribution in [2.45, 2.75) is 32.3 Å². The number of nitrogens with one attached hydrogen (secondary N) is 1. The Bertz CT molecular complexity index is 288. The fourth-order valence-electron chi connectivity index (χ4n) is 2.01. The summed E-state index contributed by atoms with van der Waals surface area (Å²) in [6.45, 7) is 3.64. The van der Waals surface area contributed by atoms with Crippen LogP contribution in [0.3, 0.4) is 0 Å². The van der Waals surface area contributed by atoms with Gasteiger partial charge >= 0.3 is 12.0 Å². The zero-order valence-electron chi connectivity index (χ0n) is 11.0. The number of carbonyl (C=O) groups excluding carboxylic acids is 1. The first-order valence-electron chi connectivity index (χ1n) is 6.30. The van der Waals surface area contributed by atoms with Crippen molar-refractivity contribution in [2.24, 2.45) is 5.92 Å². The number of aliphatic carboxylic acids is 1. The van der Waals surface area contributed by atoms with Crippen molar-refractivity contribution in [3.05, 3.63) is 0 Å². The Hall–Kier alpha value is -1.30. The van der Waals surface area contributed by atoms with E-state index in [2.05, 4.69) is 5.32 Å². The Kier molecular flexibility index (Phi) is 5.91. The van der Waals surface area contributed by atoms with Crippen LogP contribution < -0.4 is 5.32 Å². The number of hydrogen-bond donors (Lipinski definition) is 2. The van der Waals surface area contributed by atoms with Crippen LogP contribution in [0.1, 0.15) is 26.2 Å². The lowest BCUT2D eigenvalue weighted by atomic mass is 9.94. The fourth-order valence-corrected chi connectivity index (χ4v) is 2.01. The van der Waals surface area contributed by atoms with Gasteiger partial charge in [-0.05, 0) is 25.7 Å². The monoisotopic (exact) mass is 258 g/mol. The average Bonchev–Trinajstić information content (AvgIpc) is 2.35. The molecule has 1 saturated heterocycles. The first-order chi connectivity index (χ1) is 8.52. The van der Waals surface area contributed by atoms with E-state index in [1.807, 2.05) is 6.92 Å². The molecular formula is C12H22N2O4. The lowest BCUT2D eigenvalue weighted by Gasteiger charge is -2.31. The molecular weight excluding hydrogens is 236 g/mol. The number of urea groups is 1. The number of nitrogens with zero attached hydrogens (tertiary/aromatic N) is 1. The number of likely N-dealkylation sites (tertiary alicyclic amines) is 1. The quantitative estimate of drug-likeness (QED) is 0.768. The summed E-state index contributed by atoms with van der Waals surface area (Å²) in [6, 6.07) is -0.0901. The molecule has 104 valence electrons. The van der Waals surface area contributed by atoms with Crippen LogP contribution in [0.15, 0.2) is 0 Å². The maximum absolute atomic E-state index is 11.8. The van der Waals surface area contributed by atoms with Gasteiger partial charge in [0.05, 0.1) is 6.10 Å². The smallest absolute Gasteiger partial charge is 0.317 e. The topological polar surface area (TPSA) is 78.9 Å². The highest BCUT2D eigenvalue weighted by atomic mass is 16.5. The third kappa shape index (κ3) is 4.91. The maximum Gasteiger partial charge on any atom is 0.317 e. The summed E-state index contributed by atoms with van der Waals surface area (Å²) in [4.78, 5) is 24.1. The van der Waals surface area contributed by atoms with Gasteiger partial charge in [0.2, 0.25) is 0 Å². The summed E-state index contributed by atoms with van der Waals surface area (Å²) >= 11 is 0. The first-order valence-corrected chi connectivity index (χ1v) is 6.30. The van der Waals surface area contributed by atoms with Crippen molar-refractivity contribution >= 4 is 12.0 Å². The Morgan fingerprint density at radius 1 is 1.44 bits per heavy atom. The summed E-state index contributed by atoms with van der Waals surface area (Å²) in [5.41, 5.74) is 0. The van der Waals surface area contributed by atoms with Gasteiger partial charge in [-0.1, -0.05) is 0 Å². The number of amides is 2. The molecule has 1 unspecified atom stereocenters. The van der Waals surface area contributed by atoms with Crippen LogP contribution in [0, 0.1) is 5.92 Å². The molecule has 0 aromatic carbocycles. The molecule has 1 fully saturated rings. The van der Waals surface area contributed by atoms with E-state index in [0.29, 0.717) is 19.6 Å². The Balaban J connectivity index is 2.25. The molecule has 6 heteroatoms. The molecule has 1 heterocycles. The molecule has 1 rings (SSSR count). The molecule has 6 nitrogen and oxygen atoms in total. The number of hydrogen-bond acceptors (Lipinski definition) is 3. The van der Waals surface area contributed by atoms with Gasteiger partial charge in [-0.25, -0.2) is 4.79 Å². The highest BCUT2D eigenvalue weighted by Gasteiger charge is 2.24. The molecule has 2 N–H and O–H groups in total. The lowest BCUT2D eigenvalue weighted by Crippen LogP contribution is -2.46. The van der Waals surface area contributed by atoms with Crippen molar-refractivity contribution in [2.75, 3.05) is 26.7 Å². The zero-order valence-corrected chi connectivity index (χ0v) is 11.0. The maximum atomic E-state index is 11.8. The van der Waals surface area contributed by atoms with Crippen LogP contribution in [0.25, 0.3) is 0 Å². The molecule has 2 amide bonds. The second-order valence-corrected chi connectivity index (χ2v) is 4.76. The van der Waals surface area contributed by atoms with E-state index in [1.165, 1.54) is 0 Å². The average molecular weight is 258 g/mol. The Morgan fingerprint density at radius 3 is 2.56 bits per heavy atom. The Labute approximate surface area is 107 Å². The summed E-state index contributed by atoms with van der Waals surface area (Å²) in [5.74, 6) is -0.559. The van der Waals surface area contributed by atoms with Gasteiger partial charge in [-0.15, -0.1) is 0 Å². The third-order valence-corrected chi connectivity index (χ3v) is 3.31. The standard InChI is InChI=1S/C12H22N2O4/c1-9(18-2)8-13-12(17)14-5-3-10(4-6-14)7-11(15)16/h9-10H,3-8H2,1-2H3,(H,13,17)(H,15,16). The van der Waals surface area contributed by atoms with E-state index in [4.69, 9.17) is 9.84 Å². The number of piperidine rings is 1. The van der Waals surface area contributed by atoms with Crippen LogP contribution in [0.5, 0.6) is 0 Å². The number of carboxylic acids is 1. The summed E-state index contributed by atoms with van der Waals surface area (Å²) in [5, 5.41) is 11.5. The molecule has 18 heavy (non-hydrogen) atoms. The van der Waals surface area contributed by atoms with Gasteiger partial charge in [0, 0.05) is 33.2 Å². The van der Waals surface area contributed by atoms with Crippen LogP contribution >= 0.6 is 0 Å². The van der Waals surface area contributed by atoms with E-state index in [0.717, 1.165) is 12.8 Å². The normalized spacial score (nSPS) is 18.4. The molecule has 0 bridgehead atoms. The second kappa shape index (κ2) is 7.20. The summed E-state index contributed by atoms with van der Waals surface area (Å²) in [7, 11) is 1.61. The molecule has 0 radical (unpaired) electrons. The van der Waals surface area contributed by atoms with Crippen molar-refractivity contribution in [3.63, 3.8) is 0 Å². The van der Waals surface area contributed by atoms with Crippen molar-refractivity contribution in [1.82, 2.24) is 10.2 Å². The number of carboxylic acid groups (broad SMARTS) is 1. The van der Waals surface area contributed by atoms with Gasteiger partial charge in [-0.3, -0.25) is 4.79 Å². The highest BCUT2D eigenvalue weighted by molar-refractivity contribution is 5.74. The fraction of sp³-hybridized carbons (Fsp3) is 0.833. The highest BCUT2D eigenvalue weighted by Crippen LogP contribution is 2.20. The SMILES string of the molecule is COC(C)CNC(=O)N1CCC(CC(=O)O)CC1. The predicted molar refractivity (Wildman–Crippen MR) is 66.4 cm³/mol. The van der Waals surface area contributed by atoms with Gasteiger partial charge in [0.15, 0.2) is 0 Å². The van der Waals surface area contributed by atoms with Crippen molar-refractivity contribution in [3.8, 4) is 0 Å². The number of rotatable bonds is 5. The molecule has 0 aliphatic carbocycles. The minimum absolute atomic E-state index is 0.00139. The summed E-state index contributed by atoms with van der Waals surface area (Å²) < 4.78 is 5.05. The van der Waals surface area contributed by atoms with Crippen LogP contribution in [0.4, 0.5) is 4.79 Å². The van der Waals surface area contributed by atoms with Gasteiger partial charge < -0.3 is 20.1 Å². The van der Waals surface area contributed by atoms with Crippen molar-refractivity contribution < 1.29 is 19.4 Å². The largest absolute Gasteiger partial charge is 0.481 e. The minimum Gasteiger partial charge on any atom is -0.481 e. The summed E-state index contributed by atoms with van der Waals surface area (Å²) in [6.07, 6.45) is 1.73. The minimum atomic E-state index is -0.758. The molecule has 1 aliphatic heterocycles. The van der Waals surface area contributed by atoms with E-state index in [-0.39, 0.29) is 24.5 Å². The molecule has 1 aliphatic rings. The molecule has 0 aromatic heterocycles. The van der Waals surface area contributed by atoms with Gasteiger partial charge in [0.1, 0.15) is 0 Å². The number of methoxy groups -OCH3 is 1. The number of ether oxygens (including phenoxy) is 1. The lowest BCUT2D eigenvalue weighted by molar-refractivity contribution is -0.138. The molecule has 0 aromatic rings. The molecule has 0 spiro atoms. The Morgan fingerprint density at radius 2 is 2.06 bits per heavy atom. The molecule has 1 atom stereocenters. The van der Waals surface area contributed by atoms with E-state index in [1.54, 1.807) is 12.0 Å². The van der Waals surface area contributed by atoms with Crippen LogP contribution in [0.2, 0.25) is 0 Å². The third-order valence-electron chi connectivity index (χ3n) is 3.31. The van der Waals surface area contributed by atoms with Gasteiger partial charge in [0.25, 0.3) is 0 Å². The predicted octanol–water partition coefficient (Wildman–Crippen LogP) is 0.918. The van der Waals surface area contributed by atoms with E-state index in [9.17, 15) is 9.59 Å². The van der Waals surface area contributed by atoms with Crippen molar-refractivity contribution in [1.29, 1.82) is 0 Å². The second-order valence-electron chi connectivity index (χ2n) is 4.76. The van der Waals surface area contributed by atoms with Gasteiger partial charge in [-0.2, -0.15) is 0 Å². The first kappa shape index (κ1) is 14.8. The van der Waals surface area contributed by atoms with Crippen LogP contribution in [-0.4, -0.2) is 54.9 Å². The van der Waals surface area contributed by atoms with Crippen LogP contribution in [-0.2, 0) is 9.53 Å².